The van der Waals surface area contributed by atoms with Crippen LogP contribution in [0.2, 0.25) is 0 Å². The van der Waals surface area contributed by atoms with Gasteiger partial charge in [-0.1, -0.05) is 120 Å². The maximum Gasteiger partial charge on any atom is 0.267 e. The second-order valence-electron chi connectivity index (χ2n) is 11.1. The van der Waals surface area contributed by atoms with Gasteiger partial charge in [-0.3, -0.25) is 9.35 Å². The van der Waals surface area contributed by atoms with Crippen LogP contribution in [0.15, 0.2) is 48.6 Å². The summed E-state index contributed by atoms with van der Waals surface area (Å²) in [6, 6.07) is -1.08. The van der Waals surface area contributed by atoms with Gasteiger partial charge in [-0.05, 0) is 64.2 Å². The molecule has 0 heterocycles. The number of aliphatic hydroxyl groups is 1. The molecular formula is C34H61NO5S. The summed E-state index contributed by atoms with van der Waals surface area (Å²) in [7, 11) is -4.35. The number of aliphatic hydroxyl groups excluding tert-OH is 1. The topological polar surface area (TPSA) is 104 Å². The van der Waals surface area contributed by atoms with E-state index in [1.807, 2.05) is 0 Å². The van der Waals surface area contributed by atoms with Gasteiger partial charge in [-0.2, -0.15) is 8.42 Å². The van der Waals surface area contributed by atoms with E-state index in [0.29, 0.717) is 12.8 Å². The van der Waals surface area contributed by atoms with E-state index < -0.39 is 28.0 Å². The molecule has 238 valence electrons. The first-order valence-electron chi connectivity index (χ1n) is 16.3. The van der Waals surface area contributed by atoms with Crippen LogP contribution in [-0.4, -0.2) is 41.9 Å². The fraction of sp³-hybridized carbons (Fsp3) is 0.735. The van der Waals surface area contributed by atoms with E-state index in [2.05, 4.69) is 55.6 Å². The van der Waals surface area contributed by atoms with Gasteiger partial charge in [0, 0.05) is 6.42 Å². The van der Waals surface area contributed by atoms with Gasteiger partial charge in [0.05, 0.1) is 17.9 Å². The Kier molecular flexibility index (Phi) is 27.2. The third kappa shape index (κ3) is 29.6. The van der Waals surface area contributed by atoms with Crippen LogP contribution >= 0.6 is 0 Å². The van der Waals surface area contributed by atoms with E-state index in [4.69, 9.17) is 0 Å². The molecule has 2 atom stereocenters. The summed E-state index contributed by atoms with van der Waals surface area (Å²) < 4.78 is 32.2. The van der Waals surface area contributed by atoms with Crippen molar-refractivity contribution in [3.63, 3.8) is 0 Å². The Morgan fingerprint density at radius 1 is 0.634 bits per heavy atom. The number of hydrogen-bond acceptors (Lipinski definition) is 4. The maximum absolute atomic E-state index is 12.4. The van der Waals surface area contributed by atoms with E-state index in [1.165, 1.54) is 51.0 Å². The van der Waals surface area contributed by atoms with Crippen molar-refractivity contribution in [3.8, 4) is 0 Å². The highest BCUT2D eigenvalue weighted by molar-refractivity contribution is 7.85. The fourth-order valence-electron chi connectivity index (χ4n) is 4.48. The van der Waals surface area contributed by atoms with Gasteiger partial charge in [0.2, 0.25) is 5.91 Å². The van der Waals surface area contributed by atoms with Crippen LogP contribution < -0.4 is 5.32 Å². The Labute approximate surface area is 252 Å². The van der Waals surface area contributed by atoms with Crippen LogP contribution in [0.1, 0.15) is 142 Å². The summed E-state index contributed by atoms with van der Waals surface area (Å²) in [6.07, 6.45) is 36.7. The molecule has 2 unspecified atom stereocenters. The van der Waals surface area contributed by atoms with Crippen LogP contribution in [0.3, 0.4) is 0 Å². The van der Waals surface area contributed by atoms with Crippen LogP contribution in [0.5, 0.6) is 0 Å². The van der Waals surface area contributed by atoms with Crippen molar-refractivity contribution in [1.82, 2.24) is 5.32 Å². The number of hydrogen-bond donors (Lipinski definition) is 3. The maximum atomic E-state index is 12.4. The summed E-state index contributed by atoms with van der Waals surface area (Å²) in [5.41, 5.74) is 0. The van der Waals surface area contributed by atoms with Gasteiger partial charge in [0.1, 0.15) is 0 Å². The Morgan fingerprint density at radius 2 is 1.10 bits per heavy atom. The lowest BCUT2D eigenvalue weighted by Gasteiger charge is -2.21. The second-order valence-corrected chi connectivity index (χ2v) is 12.6. The lowest BCUT2D eigenvalue weighted by Crippen LogP contribution is -2.46. The molecule has 0 saturated carbocycles. The van der Waals surface area contributed by atoms with Crippen molar-refractivity contribution in [2.45, 2.75) is 154 Å². The molecule has 41 heavy (non-hydrogen) atoms. The zero-order valence-electron chi connectivity index (χ0n) is 26.2. The molecule has 0 rings (SSSR count). The lowest BCUT2D eigenvalue weighted by molar-refractivity contribution is -0.122. The molecule has 0 radical (unpaired) electrons. The second kappa shape index (κ2) is 28.4. The van der Waals surface area contributed by atoms with Gasteiger partial charge in [-0.15, -0.1) is 0 Å². The predicted octanol–water partition coefficient (Wildman–Crippen LogP) is 8.79. The standard InChI is InChI=1S/C34H61NO5S/c1-3-5-7-9-11-13-15-16-17-18-20-22-24-26-28-30-34(37)35-32(31-41(38,39)40)33(36)29-27-25-23-21-19-14-12-10-8-6-4-2/h8,10,16-17,19,21,27,29,32-33,36H,3-7,9,11-15,18,20,22-26,28,30-31H2,1-2H3,(H,35,37)(H,38,39,40)/b10-8+,17-16-,21-19+,29-27+. The number of nitrogens with one attached hydrogen (secondary N) is 1. The van der Waals surface area contributed by atoms with Crippen molar-refractivity contribution >= 4 is 16.0 Å². The fourth-order valence-corrected chi connectivity index (χ4v) is 5.21. The minimum atomic E-state index is -4.35. The Balaban J connectivity index is 4.12. The Hall–Kier alpha value is -1.70. The minimum absolute atomic E-state index is 0.273. The highest BCUT2D eigenvalue weighted by Gasteiger charge is 2.24. The van der Waals surface area contributed by atoms with E-state index in [-0.39, 0.29) is 12.3 Å². The van der Waals surface area contributed by atoms with Crippen LogP contribution in [0.4, 0.5) is 0 Å². The molecule has 0 aliphatic carbocycles. The zero-order chi connectivity index (χ0) is 30.4. The molecule has 1 amide bonds. The molecule has 0 aliphatic rings. The number of carbonyl (C=O) groups excluding carboxylic acids is 1. The molecule has 0 aliphatic heterocycles. The SMILES string of the molecule is CCC/C=C/CC/C=C/CC/C=C/C(O)C(CS(=O)(=O)O)NC(=O)CCCCCCC/C=C\CCCCCCCC. The molecule has 0 bridgehead atoms. The molecule has 7 heteroatoms. The molecule has 0 aromatic rings. The van der Waals surface area contributed by atoms with Crippen molar-refractivity contribution in [3.05, 3.63) is 48.6 Å². The molecule has 3 N–H and O–H groups in total. The van der Waals surface area contributed by atoms with E-state index in [1.54, 1.807) is 6.08 Å². The van der Waals surface area contributed by atoms with Gasteiger partial charge in [0.25, 0.3) is 10.1 Å². The third-order valence-corrected chi connectivity index (χ3v) is 7.72. The van der Waals surface area contributed by atoms with E-state index in [9.17, 15) is 22.9 Å². The monoisotopic (exact) mass is 595 g/mol. The number of allylic oxidation sites excluding steroid dienone is 7. The summed E-state index contributed by atoms with van der Waals surface area (Å²) in [5.74, 6) is -1.03. The molecular weight excluding hydrogens is 534 g/mol. The number of carbonyl (C=O) groups is 1. The first-order valence-corrected chi connectivity index (χ1v) is 17.9. The largest absolute Gasteiger partial charge is 0.387 e. The van der Waals surface area contributed by atoms with Crippen molar-refractivity contribution in [2.24, 2.45) is 0 Å². The smallest absolute Gasteiger partial charge is 0.267 e. The molecule has 0 fully saturated rings. The number of rotatable bonds is 28. The minimum Gasteiger partial charge on any atom is -0.387 e. The average molecular weight is 596 g/mol. The summed E-state index contributed by atoms with van der Waals surface area (Å²) >= 11 is 0. The molecule has 0 aromatic carbocycles. The first kappa shape index (κ1) is 39.3. The van der Waals surface area contributed by atoms with Crippen LogP contribution in [-0.2, 0) is 14.9 Å². The molecule has 0 aromatic heterocycles. The Bertz CT molecular complexity index is 832. The summed E-state index contributed by atoms with van der Waals surface area (Å²) in [4.78, 5) is 12.4. The van der Waals surface area contributed by atoms with Gasteiger partial charge < -0.3 is 10.4 Å². The summed E-state index contributed by atoms with van der Waals surface area (Å²) in [6.45, 7) is 4.40. The van der Waals surface area contributed by atoms with E-state index in [0.717, 1.165) is 64.2 Å². The number of unbranched alkanes of at least 4 members (excludes halogenated alkanes) is 14. The van der Waals surface area contributed by atoms with E-state index >= 15 is 0 Å². The normalized spacial score (nSPS) is 14.1. The first-order chi connectivity index (χ1) is 19.8. The highest BCUT2D eigenvalue weighted by Crippen LogP contribution is 2.11. The van der Waals surface area contributed by atoms with Gasteiger partial charge in [0.15, 0.2) is 0 Å². The molecule has 0 spiro atoms. The lowest BCUT2D eigenvalue weighted by atomic mass is 10.1. The van der Waals surface area contributed by atoms with Gasteiger partial charge >= 0.3 is 0 Å². The predicted molar refractivity (Wildman–Crippen MR) is 175 cm³/mol. The third-order valence-electron chi connectivity index (χ3n) is 6.94. The molecule has 6 nitrogen and oxygen atoms in total. The van der Waals surface area contributed by atoms with Crippen molar-refractivity contribution in [2.75, 3.05) is 5.75 Å². The van der Waals surface area contributed by atoms with Gasteiger partial charge in [-0.25, -0.2) is 0 Å². The van der Waals surface area contributed by atoms with Crippen molar-refractivity contribution in [1.29, 1.82) is 0 Å². The highest BCUT2D eigenvalue weighted by atomic mass is 32.2. The quantitative estimate of drug-likeness (QED) is 0.0476. The van der Waals surface area contributed by atoms with Crippen LogP contribution in [0.25, 0.3) is 0 Å². The van der Waals surface area contributed by atoms with Crippen molar-refractivity contribution < 1.29 is 22.9 Å². The average Bonchev–Trinajstić information content (AvgIpc) is 2.92. The van der Waals surface area contributed by atoms with Crippen LogP contribution in [0, 0.1) is 0 Å². The molecule has 0 saturated heterocycles. The summed E-state index contributed by atoms with van der Waals surface area (Å²) in [5, 5.41) is 13.1. The number of amides is 1. The zero-order valence-corrected chi connectivity index (χ0v) is 27.0. The Morgan fingerprint density at radius 3 is 1.63 bits per heavy atom.